The third-order valence-electron chi connectivity index (χ3n) is 4.03. The van der Waals surface area contributed by atoms with Crippen LogP contribution < -0.4 is 5.32 Å². The lowest BCUT2D eigenvalue weighted by Crippen LogP contribution is -2.38. The highest BCUT2D eigenvalue weighted by atomic mass is 14.9. The van der Waals surface area contributed by atoms with Crippen molar-refractivity contribution in [2.75, 3.05) is 6.54 Å². The lowest BCUT2D eigenvalue weighted by Gasteiger charge is -2.29. The zero-order chi connectivity index (χ0) is 10.7. The highest BCUT2D eigenvalue weighted by Gasteiger charge is 2.45. The van der Waals surface area contributed by atoms with Crippen LogP contribution in [0.1, 0.15) is 58.8 Å². The summed E-state index contributed by atoms with van der Waals surface area (Å²) in [6.45, 7) is 5.89. The van der Waals surface area contributed by atoms with Crippen molar-refractivity contribution >= 4 is 0 Å². The van der Waals surface area contributed by atoms with Crippen LogP contribution in [0.25, 0.3) is 0 Å². The van der Waals surface area contributed by atoms with Crippen LogP contribution in [0.15, 0.2) is 11.6 Å². The number of hydrogen-bond acceptors (Lipinski definition) is 1. The second-order valence-electron chi connectivity index (χ2n) is 5.57. The Hall–Kier alpha value is -0.300. The van der Waals surface area contributed by atoms with Gasteiger partial charge >= 0.3 is 0 Å². The third kappa shape index (κ3) is 2.63. The highest BCUT2D eigenvalue weighted by Crippen LogP contribution is 2.51. The van der Waals surface area contributed by atoms with Gasteiger partial charge in [0.05, 0.1) is 0 Å². The van der Waals surface area contributed by atoms with Gasteiger partial charge in [0.15, 0.2) is 0 Å². The first-order valence-electron chi connectivity index (χ1n) is 6.68. The fourth-order valence-corrected chi connectivity index (χ4v) is 2.72. The Morgan fingerprint density at radius 1 is 1.40 bits per heavy atom. The van der Waals surface area contributed by atoms with Gasteiger partial charge in [0.1, 0.15) is 0 Å². The topological polar surface area (TPSA) is 12.0 Å². The molecule has 1 unspecified atom stereocenters. The molecule has 0 radical (unpaired) electrons. The van der Waals surface area contributed by atoms with Crippen LogP contribution in [0.3, 0.4) is 0 Å². The van der Waals surface area contributed by atoms with Crippen LogP contribution in [0, 0.1) is 5.41 Å². The Kier molecular flexibility index (Phi) is 3.50. The standard InChI is InChI=1S/C14H25N/c1-3-11-15-13(14(2)9-10-14)12-7-5-4-6-8-12/h7,13,15H,3-6,8-11H2,1-2H3. The molecule has 1 N–H and O–H groups in total. The maximum atomic E-state index is 3.77. The minimum atomic E-state index is 0.596. The van der Waals surface area contributed by atoms with E-state index in [0.717, 1.165) is 0 Å². The lowest BCUT2D eigenvalue weighted by molar-refractivity contribution is 0.384. The van der Waals surface area contributed by atoms with E-state index in [1.165, 1.54) is 51.5 Å². The van der Waals surface area contributed by atoms with Crippen LogP contribution >= 0.6 is 0 Å². The zero-order valence-corrected chi connectivity index (χ0v) is 10.3. The Balaban J connectivity index is 2.00. The first-order chi connectivity index (χ1) is 7.26. The van der Waals surface area contributed by atoms with E-state index < -0.39 is 0 Å². The zero-order valence-electron chi connectivity index (χ0n) is 10.3. The number of allylic oxidation sites excluding steroid dienone is 1. The molecule has 1 atom stereocenters. The Morgan fingerprint density at radius 3 is 2.73 bits per heavy atom. The summed E-state index contributed by atoms with van der Waals surface area (Å²) in [4.78, 5) is 0. The monoisotopic (exact) mass is 207 g/mol. The minimum absolute atomic E-state index is 0.596. The molecule has 0 heterocycles. The Bertz CT molecular complexity index is 238. The molecule has 1 heteroatoms. The first-order valence-corrected chi connectivity index (χ1v) is 6.68. The van der Waals surface area contributed by atoms with Crippen molar-refractivity contribution in [2.45, 2.75) is 64.8 Å². The quantitative estimate of drug-likeness (QED) is 0.678. The molecule has 1 fully saturated rings. The summed E-state index contributed by atoms with van der Waals surface area (Å²) >= 11 is 0. The fraction of sp³-hybridized carbons (Fsp3) is 0.857. The molecule has 0 aromatic heterocycles. The van der Waals surface area contributed by atoms with Gasteiger partial charge in [-0.1, -0.05) is 25.5 Å². The van der Waals surface area contributed by atoms with Crippen LogP contribution in [-0.4, -0.2) is 12.6 Å². The van der Waals surface area contributed by atoms with E-state index in [2.05, 4.69) is 25.2 Å². The average Bonchev–Trinajstić information content (AvgIpc) is 2.99. The van der Waals surface area contributed by atoms with Gasteiger partial charge in [0, 0.05) is 6.04 Å². The summed E-state index contributed by atoms with van der Waals surface area (Å²) in [5.41, 5.74) is 2.31. The van der Waals surface area contributed by atoms with Crippen LogP contribution in [0.4, 0.5) is 0 Å². The van der Waals surface area contributed by atoms with Gasteiger partial charge < -0.3 is 5.32 Å². The molecular formula is C14H25N. The molecular weight excluding hydrogens is 182 g/mol. The van der Waals surface area contributed by atoms with Gasteiger partial charge in [0.2, 0.25) is 0 Å². The fourth-order valence-electron chi connectivity index (χ4n) is 2.72. The molecule has 0 aliphatic heterocycles. The summed E-state index contributed by atoms with van der Waals surface area (Å²) in [5, 5.41) is 3.77. The molecule has 0 aromatic rings. The van der Waals surface area contributed by atoms with Crippen LogP contribution in [0.5, 0.6) is 0 Å². The van der Waals surface area contributed by atoms with E-state index >= 15 is 0 Å². The first kappa shape index (κ1) is 11.2. The molecule has 0 aromatic carbocycles. The van der Waals surface area contributed by atoms with E-state index in [9.17, 15) is 0 Å². The predicted octanol–water partition coefficient (Wildman–Crippen LogP) is 3.66. The van der Waals surface area contributed by atoms with Gasteiger partial charge in [-0.15, -0.1) is 0 Å². The van der Waals surface area contributed by atoms with Gasteiger partial charge in [-0.2, -0.15) is 0 Å². The van der Waals surface area contributed by atoms with E-state index in [4.69, 9.17) is 0 Å². The van der Waals surface area contributed by atoms with Gasteiger partial charge in [0.25, 0.3) is 0 Å². The SMILES string of the molecule is CCCNC(C1=CCCCC1)C1(C)CC1. The molecule has 2 rings (SSSR count). The van der Waals surface area contributed by atoms with Gasteiger partial charge in [-0.25, -0.2) is 0 Å². The average molecular weight is 207 g/mol. The second-order valence-corrected chi connectivity index (χ2v) is 5.57. The summed E-state index contributed by atoms with van der Waals surface area (Å²) in [5.74, 6) is 0. The van der Waals surface area contributed by atoms with Crippen molar-refractivity contribution in [3.05, 3.63) is 11.6 Å². The second kappa shape index (κ2) is 4.69. The van der Waals surface area contributed by atoms with E-state index in [1.54, 1.807) is 5.57 Å². The molecule has 15 heavy (non-hydrogen) atoms. The van der Waals surface area contributed by atoms with Crippen molar-refractivity contribution in [1.82, 2.24) is 5.32 Å². The number of hydrogen-bond donors (Lipinski definition) is 1. The van der Waals surface area contributed by atoms with E-state index in [0.29, 0.717) is 11.5 Å². The smallest absolute Gasteiger partial charge is 0.0333 e. The summed E-state index contributed by atoms with van der Waals surface area (Å²) in [6.07, 6.45) is 12.1. The Labute approximate surface area is 94.3 Å². The minimum Gasteiger partial charge on any atom is -0.310 e. The van der Waals surface area contributed by atoms with Crippen LogP contribution in [-0.2, 0) is 0 Å². The normalized spacial score (nSPS) is 25.9. The lowest BCUT2D eigenvalue weighted by atomic mass is 9.85. The van der Waals surface area contributed by atoms with Gasteiger partial charge in [-0.3, -0.25) is 0 Å². The molecule has 86 valence electrons. The maximum absolute atomic E-state index is 3.77. The maximum Gasteiger partial charge on any atom is 0.0333 e. The molecule has 0 spiro atoms. The Morgan fingerprint density at radius 2 is 2.20 bits per heavy atom. The van der Waals surface area contributed by atoms with Crippen molar-refractivity contribution in [2.24, 2.45) is 5.41 Å². The summed E-state index contributed by atoms with van der Waals surface area (Å²) in [7, 11) is 0. The third-order valence-corrected chi connectivity index (χ3v) is 4.03. The summed E-state index contributed by atoms with van der Waals surface area (Å²) < 4.78 is 0. The van der Waals surface area contributed by atoms with E-state index in [-0.39, 0.29) is 0 Å². The van der Waals surface area contributed by atoms with Gasteiger partial charge in [-0.05, 0) is 56.9 Å². The summed E-state index contributed by atoms with van der Waals surface area (Å²) in [6, 6.07) is 0.692. The van der Waals surface area contributed by atoms with E-state index in [1.807, 2.05) is 0 Å². The molecule has 2 aliphatic rings. The molecule has 1 saturated carbocycles. The predicted molar refractivity (Wildman–Crippen MR) is 66.0 cm³/mol. The molecule has 1 nitrogen and oxygen atoms in total. The molecule has 0 bridgehead atoms. The van der Waals surface area contributed by atoms with Crippen molar-refractivity contribution in [1.29, 1.82) is 0 Å². The highest BCUT2D eigenvalue weighted by molar-refractivity contribution is 5.20. The number of nitrogens with one attached hydrogen (secondary N) is 1. The molecule has 0 amide bonds. The molecule has 2 aliphatic carbocycles. The van der Waals surface area contributed by atoms with Crippen molar-refractivity contribution in [3.63, 3.8) is 0 Å². The molecule has 0 saturated heterocycles. The van der Waals surface area contributed by atoms with Crippen molar-refractivity contribution in [3.8, 4) is 0 Å². The van der Waals surface area contributed by atoms with Crippen molar-refractivity contribution < 1.29 is 0 Å². The number of rotatable bonds is 5. The largest absolute Gasteiger partial charge is 0.310 e. The van der Waals surface area contributed by atoms with Crippen LogP contribution in [0.2, 0.25) is 0 Å².